The molecule has 7 nitrogen and oxygen atoms in total. The number of benzene rings is 2. The summed E-state index contributed by atoms with van der Waals surface area (Å²) in [5.41, 5.74) is 0.311. The molecule has 0 radical (unpaired) electrons. The summed E-state index contributed by atoms with van der Waals surface area (Å²) in [7, 11) is -4.12. The van der Waals surface area contributed by atoms with Gasteiger partial charge in [-0.05, 0) is 42.0 Å². The van der Waals surface area contributed by atoms with Gasteiger partial charge in [0.15, 0.2) is 0 Å². The zero-order valence-electron chi connectivity index (χ0n) is 17.5. The number of sulfonamides is 1. The van der Waals surface area contributed by atoms with E-state index >= 15 is 0 Å². The Balaban J connectivity index is 2.05. The number of halogens is 4. The molecule has 0 atom stereocenters. The van der Waals surface area contributed by atoms with E-state index in [2.05, 4.69) is 9.97 Å². The second kappa shape index (κ2) is 8.76. The second-order valence-corrected chi connectivity index (χ2v) is 9.26. The number of carbonyl (C=O) groups is 1. The Morgan fingerprint density at radius 1 is 0.941 bits per heavy atom. The maximum Gasteiger partial charge on any atom is 0.451 e. The Bertz CT molecular complexity index is 1350. The van der Waals surface area contributed by atoms with Crippen LogP contribution >= 0.6 is 0 Å². The monoisotopic (exact) mass is 494 g/mol. The van der Waals surface area contributed by atoms with Gasteiger partial charge in [-0.25, -0.2) is 27.9 Å². The van der Waals surface area contributed by atoms with Crippen LogP contribution in [0.4, 0.5) is 23.4 Å². The molecule has 1 fully saturated rings. The molecule has 1 saturated heterocycles. The van der Waals surface area contributed by atoms with Crippen LogP contribution in [0.5, 0.6) is 0 Å². The van der Waals surface area contributed by atoms with E-state index in [-0.39, 0.29) is 64.8 Å². The summed E-state index contributed by atoms with van der Waals surface area (Å²) in [6.45, 7) is 0.246. The van der Waals surface area contributed by atoms with E-state index in [4.69, 9.17) is 5.14 Å². The highest BCUT2D eigenvalue weighted by Crippen LogP contribution is 2.41. The fourth-order valence-corrected chi connectivity index (χ4v) is 4.24. The fourth-order valence-electron chi connectivity index (χ4n) is 3.68. The van der Waals surface area contributed by atoms with Gasteiger partial charge in [-0.15, -0.1) is 0 Å². The summed E-state index contributed by atoms with van der Waals surface area (Å²) < 4.78 is 78.7. The van der Waals surface area contributed by atoms with Crippen LogP contribution in [0.1, 0.15) is 18.7 Å². The van der Waals surface area contributed by atoms with Crippen molar-refractivity contribution in [1.29, 1.82) is 0 Å². The normalized spacial score (nSPS) is 15.0. The zero-order valence-corrected chi connectivity index (χ0v) is 18.3. The Kier molecular flexibility index (Phi) is 6.13. The molecular formula is C22H18F4N4O3S. The fraction of sp³-hybridized carbons (Fsp3) is 0.227. The highest BCUT2D eigenvalue weighted by Gasteiger charge is 2.38. The van der Waals surface area contributed by atoms with E-state index in [9.17, 15) is 30.8 Å². The van der Waals surface area contributed by atoms with Crippen LogP contribution in [0.2, 0.25) is 0 Å². The topological polar surface area (TPSA) is 106 Å². The molecule has 0 spiro atoms. The van der Waals surface area contributed by atoms with Crippen LogP contribution < -0.4 is 10.0 Å². The number of piperidine rings is 1. The van der Waals surface area contributed by atoms with E-state index in [1.54, 1.807) is 0 Å². The average Bonchev–Trinajstić information content (AvgIpc) is 2.78. The molecule has 2 N–H and O–H groups in total. The van der Waals surface area contributed by atoms with E-state index in [0.29, 0.717) is 0 Å². The van der Waals surface area contributed by atoms with E-state index in [1.165, 1.54) is 41.3 Å². The molecule has 0 aliphatic carbocycles. The van der Waals surface area contributed by atoms with Gasteiger partial charge in [0.2, 0.25) is 15.8 Å². The van der Waals surface area contributed by atoms with E-state index in [0.717, 1.165) is 12.1 Å². The molecule has 1 aromatic heterocycles. The van der Waals surface area contributed by atoms with Crippen molar-refractivity contribution in [3.8, 4) is 22.4 Å². The van der Waals surface area contributed by atoms with Gasteiger partial charge in [-0.1, -0.05) is 12.1 Å². The Hall–Kier alpha value is -3.38. The van der Waals surface area contributed by atoms with Crippen molar-refractivity contribution in [3.05, 3.63) is 60.2 Å². The summed E-state index contributed by atoms with van der Waals surface area (Å²) in [4.78, 5) is 20.6. The lowest BCUT2D eigenvalue weighted by Crippen LogP contribution is -2.35. The molecule has 0 unspecified atom stereocenters. The number of nitrogens with two attached hydrogens (primary N) is 1. The summed E-state index contributed by atoms with van der Waals surface area (Å²) >= 11 is 0. The van der Waals surface area contributed by atoms with E-state index < -0.39 is 27.8 Å². The minimum atomic E-state index is -4.89. The SMILES string of the molecule is NS(=O)(=O)c1cccc(-c2c(-c3ccc(F)cc3)nc(C(F)(F)F)nc2N2CCC(=O)CC2)c1. The highest BCUT2D eigenvalue weighted by atomic mass is 32.2. The summed E-state index contributed by atoms with van der Waals surface area (Å²) in [5.74, 6) is -2.15. The van der Waals surface area contributed by atoms with Gasteiger partial charge in [0.05, 0.1) is 16.2 Å². The molecule has 2 heterocycles. The van der Waals surface area contributed by atoms with Crippen LogP contribution in [-0.4, -0.2) is 37.3 Å². The van der Waals surface area contributed by atoms with Gasteiger partial charge >= 0.3 is 6.18 Å². The summed E-state index contributed by atoms with van der Waals surface area (Å²) in [6, 6.07) is 10.1. The van der Waals surface area contributed by atoms with Crippen molar-refractivity contribution in [1.82, 2.24) is 9.97 Å². The number of nitrogens with zero attached hydrogens (tertiary/aromatic N) is 3. The molecule has 4 rings (SSSR count). The van der Waals surface area contributed by atoms with Crippen LogP contribution in [0, 0.1) is 5.82 Å². The molecule has 2 aromatic carbocycles. The molecule has 34 heavy (non-hydrogen) atoms. The quantitative estimate of drug-likeness (QED) is 0.554. The number of aromatic nitrogens is 2. The third-order valence-electron chi connectivity index (χ3n) is 5.33. The molecule has 0 bridgehead atoms. The van der Waals surface area contributed by atoms with E-state index in [1.807, 2.05) is 0 Å². The van der Waals surface area contributed by atoms with Crippen molar-refractivity contribution in [2.75, 3.05) is 18.0 Å². The molecule has 3 aromatic rings. The Morgan fingerprint density at radius 3 is 2.18 bits per heavy atom. The summed E-state index contributed by atoms with van der Waals surface area (Å²) in [5, 5.41) is 5.25. The minimum absolute atomic E-state index is 0.0297. The predicted molar refractivity (Wildman–Crippen MR) is 116 cm³/mol. The first-order chi connectivity index (χ1) is 15.9. The standard InChI is InChI=1S/C22H18F4N4O3S/c23-15-6-4-13(5-7-15)19-18(14-2-1-3-17(12-14)34(27,32)33)20(29-21(28-19)22(24,25)26)30-10-8-16(31)9-11-30/h1-7,12H,8-11H2,(H2,27,32,33). The molecule has 0 saturated carbocycles. The third-order valence-corrected chi connectivity index (χ3v) is 6.24. The number of rotatable bonds is 4. The molecule has 1 aliphatic rings. The summed E-state index contributed by atoms with van der Waals surface area (Å²) in [6.07, 6.45) is -4.65. The first-order valence-electron chi connectivity index (χ1n) is 10.1. The van der Waals surface area contributed by atoms with Crippen LogP contribution in [0.15, 0.2) is 53.4 Å². The molecule has 0 amide bonds. The van der Waals surface area contributed by atoms with Gasteiger partial charge in [0, 0.05) is 31.5 Å². The van der Waals surface area contributed by atoms with Gasteiger partial charge < -0.3 is 4.90 Å². The number of primary sulfonamides is 1. The predicted octanol–water partition coefficient (Wildman–Crippen LogP) is 3.79. The largest absolute Gasteiger partial charge is 0.451 e. The lowest BCUT2D eigenvalue weighted by molar-refractivity contribution is -0.144. The first kappa shape index (κ1) is 23.8. The van der Waals surface area contributed by atoms with Crippen LogP contribution in [0.3, 0.4) is 0 Å². The van der Waals surface area contributed by atoms with Crippen LogP contribution in [0.25, 0.3) is 22.4 Å². The zero-order chi connectivity index (χ0) is 24.7. The Labute approximate surface area is 192 Å². The number of carbonyl (C=O) groups excluding carboxylic acids is 1. The number of Topliss-reactive ketones (excluding diaryl/α,β-unsaturated/α-hetero) is 1. The number of anilines is 1. The molecule has 1 aliphatic heterocycles. The lowest BCUT2D eigenvalue weighted by atomic mass is 9.98. The smallest absolute Gasteiger partial charge is 0.355 e. The minimum Gasteiger partial charge on any atom is -0.355 e. The number of ketones is 1. The third kappa shape index (κ3) is 4.92. The van der Waals surface area contributed by atoms with Gasteiger partial charge in [0.25, 0.3) is 0 Å². The highest BCUT2D eigenvalue weighted by molar-refractivity contribution is 7.89. The van der Waals surface area contributed by atoms with Crippen molar-refractivity contribution in [3.63, 3.8) is 0 Å². The lowest BCUT2D eigenvalue weighted by Gasteiger charge is -2.30. The maximum atomic E-state index is 13.8. The van der Waals surface area contributed by atoms with Gasteiger partial charge in [-0.2, -0.15) is 13.2 Å². The number of hydrogen-bond donors (Lipinski definition) is 1. The molecule has 178 valence electrons. The molecular weight excluding hydrogens is 476 g/mol. The average molecular weight is 494 g/mol. The number of alkyl halides is 3. The maximum absolute atomic E-state index is 13.8. The van der Waals surface area contributed by atoms with Gasteiger partial charge in [-0.3, -0.25) is 4.79 Å². The molecule has 12 heteroatoms. The van der Waals surface area contributed by atoms with Crippen LogP contribution in [-0.2, 0) is 21.0 Å². The van der Waals surface area contributed by atoms with Crippen molar-refractivity contribution in [2.45, 2.75) is 23.9 Å². The van der Waals surface area contributed by atoms with Crippen molar-refractivity contribution in [2.24, 2.45) is 5.14 Å². The van der Waals surface area contributed by atoms with Crippen molar-refractivity contribution < 1.29 is 30.8 Å². The Morgan fingerprint density at radius 2 is 1.59 bits per heavy atom. The second-order valence-electron chi connectivity index (χ2n) is 7.70. The van der Waals surface area contributed by atoms with Gasteiger partial charge in [0.1, 0.15) is 17.4 Å². The number of hydrogen-bond acceptors (Lipinski definition) is 6. The first-order valence-corrected chi connectivity index (χ1v) is 11.6. The van der Waals surface area contributed by atoms with Crippen molar-refractivity contribution >= 4 is 21.6 Å².